The molecule has 0 aliphatic carbocycles. The standard InChI is InChI=1S/C30H64IP/c1-5-9-11-13-15-17-19-21-23-25-29-32(31,27-7-3,28-8-4)30-26-24-22-20-18-16-14-12-10-6-2/h5-30H2,1-4H3. The number of rotatable bonds is 26. The predicted molar refractivity (Wildman–Crippen MR) is 165 cm³/mol. The van der Waals surface area contributed by atoms with E-state index < -0.39 is 4.25 Å². The van der Waals surface area contributed by atoms with Gasteiger partial charge in [0.05, 0.1) is 0 Å². The summed E-state index contributed by atoms with van der Waals surface area (Å²) in [6, 6.07) is 0. The Morgan fingerprint density at radius 1 is 0.312 bits per heavy atom. The minimum atomic E-state index is -1.49. The maximum absolute atomic E-state index is 3.11. The van der Waals surface area contributed by atoms with Crippen LogP contribution in [-0.2, 0) is 0 Å². The van der Waals surface area contributed by atoms with Crippen molar-refractivity contribution in [2.75, 3.05) is 24.6 Å². The van der Waals surface area contributed by atoms with Crippen molar-refractivity contribution in [3.05, 3.63) is 0 Å². The fraction of sp³-hybridized carbons (Fsp3) is 1.00. The molecule has 0 atom stereocenters. The molecule has 0 aromatic carbocycles. The third-order valence-electron chi connectivity index (χ3n) is 7.71. The molecule has 0 aromatic rings. The molecular weight excluding hydrogens is 518 g/mol. The number of hydrogen-bond donors (Lipinski definition) is 0. The third kappa shape index (κ3) is 18.5. The van der Waals surface area contributed by atoms with Crippen LogP contribution in [0.1, 0.15) is 169 Å². The first-order valence-corrected chi connectivity index (χ1v) is 21.0. The van der Waals surface area contributed by atoms with Gasteiger partial charge in [-0.05, 0) is 0 Å². The van der Waals surface area contributed by atoms with E-state index in [1.54, 1.807) is 24.6 Å². The molecule has 0 aliphatic heterocycles. The molecule has 0 saturated carbocycles. The molecule has 32 heavy (non-hydrogen) atoms. The van der Waals surface area contributed by atoms with Gasteiger partial charge in [-0.1, -0.05) is 0 Å². The van der Waals surface area contributed by atoms with Crippen LogP contribution >= 0.6 is 26.3 Å². The summed E-state index contributed by atoms with van der Waals surface area (Å²) in [5.74, 6) is 0. The Morgan fingerprint density at radius 2 is 0.562 bits per heavy atom. The van der Waals surface area contributed by atoms with Gasteiger partial charge in [-0.25, -0.2) is 0 Å². The number of halogens is 1. The van der Waals surface area contributed by atoms with Crippen molar-refractivity contribution >= 4 is 26.3 Å². The van der Waals surface area contributed by atoms with E-state index in [9.17, 15) is 0 Å². The van der Waals surface area contributed by atoms with Gasteiger partial charge in [-0.2, -0.15) is 0 Å². The van der Waals surface area contributed by atoms with E-state index in [-0.39, 0.29) is 0 Å². The van der Waals surface area contributed by atoms with Crippen molar-refractivity contribution in [2.24, 2.45) is 0 Å². The Bertz CT molecular complexity index is 347. The van der Waals surface area contributed by atoms with Crippen LogP contribution in [0.2, 0.25) is 0 Å². The first-order valence-electron chi connectivity index (χ1n) is 15.3. The normalized spacial score (nSPS) is 13.3. The topological polar surface area (TPSA) is 0 Å². The van der Waals surface area contributed by atoms with Gasteiger partial charge in [-0.3, -0.25) is 0 Å². The summed E-state index contributed by atoms with van der Waals surface area (Å²) in [5, 5.41) is 0. The zero-order chi connectivity index (χ0) is 23.8. The van der Waals surface area contributed by atoms with Gasteiger partial charge in [0.25, 0.3) is 0 Å². The summed E-state index contributed by atoms with van der Waals surface area (Å²) >= 11 is 3.11. The maximum atomic E-state index is 3.11. The Kier molecular flexibility index (Phi) is 23.4. The molecule has 0 radical (unpaired) electrons. The number of hydrogen-bond acceptors (Lipinski definition) is 0. The fourth-order valence-electron chi connectivity index (χ4n) is 5.78. The van der Waals surface area contributed by atoms with Crippen molar-refractivity contribution < 1.29 is 0 Å². The molecule has 196 valence electrons. The summed E-state index contributed by atoms with van der Waals surface area (Å²) in [6.07, 6.45) is 38.6. The summed E-state index contributed by atoms with van der Waals surface area (Å²) in [7, 11) is 0. The average molecular weight is 583 g/mol. The van der Waals surface area contributed by atoms with Crippen LogP contribution in [0.4, 0.5) is 0 Å². The SMILES string of the molecule is CCCCCCCCCCCCP(I)(CCC)(CCC)CCCCCCCCCCCC. The zero-order valence-electron chi connectivity index (χ0n) is 23.2. The summed E-state index contributed by atoms with van der Waals surface area (Å²) in [4.78, 5) is 0. The number of unbranched alkanes of at least 4 members (excludes halogenated alkanes) is 18. The van der Waals surface area contributed by atoms with Gasteiger partial charge in [0.2, 0.25) is 0 Å². The molecule has 0 spiro atoms. The minimum absolute atomic E-state index is 1.37. The first-order chi connectivity index (χ1) is 15.5. The van der Waals surface area contributed by atoms with Crippen molar-refractivity contribution in [1.29, 1.82) is 0 Å². The Hall–Kier alpha value is 1.16. The van der Waals surface area contributed by atoms with Crippen LogP contribution in [0.25, 0.3) is 0 Å². The van der Waals surface area contributed by atoms with Crippen LogP contribution in [0.3, 0.4) is 0 Å². The van der Waals surface area contributed by atoms with Gasteiger partial charge >= 0.3 is 220 Å². The second-order valence-electron chi connectivity index (χ2n) is 11.1. The molecule has 2 heteroatoms. The molecular formula is C30H64IP. The second kappa shape index (κ2) is 22.6. The van der Waals surface area contributed by atoms with Gasteiger partial charge in [0, 0.05) is 0 Å². The van der Waals surface area contributed by atoms with E-state index >= 15 is 0 Å². The van der Waals surface area contributed by atoms with Crippen molar-refractivity contribution in [3.8, 4) is 0 Å². The van der Waals surface area contributed by atoms with Crippen LogP contribution in [0, 0.1) is 0 Å². The Labute approximate surface area is 219 Å². The van der Waals surface area contributed by atoms with E-state index in [4.69, 9.17) is 0 Å². The molecule has 0 rings (SSSR count). The van der Waals surface area contributed by atoms with E-state index in [0.717, 1.165) is 0 Å². The van der Waals surface area contributed by atoms with Gasteiger partial charge in [0.15, 0.2) is 0 Å². The quantitative estimate of drug-likeness (QED) is 0.0541. The van der Waals surface area contributed by atoms with Crippen LogP contribution in [0.5, 0.6) is 0 Å². The third-order valence-corrected chi connectivity index (χ3v) is 19.5. The molecule has 0 aliphatic rings. The fourth-order valence-corrected chi connectivity index (χ4v) is 16.3. The molecule has 0 N–H and O–H groups in total. The molecule has 0 saturated heterocycles. The molecule has 0 bridgehead atoms. The summed E-state index contributed by atoms with van der Waals surface area (Å²) in [5.41, 5.74) is 0. The van der Waals surface area contributed by atoms with Crippen LogP contribution in [0.15, 0.2) is 0 Å². The monoisotopic (exact) mass is 582 g/mol. The predicted octanol–water partition coefficient (Wildman–Crippen LogP) is 12.6. The van der Waals surface area contributed by atoms with Crippen molar-refractivity contribution in [1.82, 2.24) is 0 Å². The van der Waals surface area contributed by atoms with E-state index in [2.05, 4.69) is 49.7 Å². The van der Waals surface area contributed by atoms with Crippen LogP contribution < -0.4 is 0 Å². The first kappa shape index (κ1) is 33.2. The molecule has 0 amide bonds. The molecule has 0 fully saturated rings. The average Bonchev–Trinajstić information content (AvgIpc) is 2.77. The Balaban J connectivity index is 4.13. The van der Waals surface area contributed by atoms with Gasteiger partial charge < -0.3 is 0 Å². The van der Waals surface area contributed by atoms with E-state index in [0.29, 0.717) is 0 Å². The molecule has 0 aromatic heterocycles. The van der Waals surface area contributed by atoms with Crippen LogP contribution in [-0.4, -0.2) is 24.6 Å². The summed E-state index contributed by atoms with van der Waals surface area (Å²) in [6.45, 7) is 9.53. The molecule has 0 nitrogen and oxygen atoms in total. The van der Waals surface area contributed by atoms with Gasteiger partial charge in [0.1, 0.15) is 0 Å². The van der Waals surface area contributed by atoms with E-state index in [1.165, 1.54) is 141 Å². The van der Waals surface area contributed by atoms with Gasteiger partial charge in [-0.15, -0.1) is 0 Å². The Morgan fingerprint density at radius 3 is 0.812 bits per heavy atom. The van der Waals surface area contributed by atoms with Crippen molar-refractivity contribution in [2.45, 2.75) is 169 Å². The molecule has 0 heterocycles. The second-order valence-corrected chi connectivity index (χ2v) is 24.7. The summed E-state index contributed by atoms with van der Waals surface area (Å²) < 4.78 is -1.49. The van der Waals surface area contributed by atoms with E-state index in [1.807, 2.05) is 0 Å². The molecule has 0 unspecified atom stereocenters. The zero-order valence-corrected chi connectivity index (χ0v) is 26.3. The van der Waals surface area contributed by atoms with Crippen molar-refractivity contribution in [3.63, 3.8) is 0 Å².